The number of nitrogens with zero attached hydrogens (tertiary/aromatic N) is 2. The molecule has 9 nitrogen and oxygen atoms in total. The Balaban J connectivity index is 1.50. The van der Waals surface area contributed by atoms with E-state index in [1.807, 2.05) is 6.07 Å². The number of anilines is 1. The number of imide groups is 1. The van der Waals surface area contributed by atoms with Crippen LogP contribution in [0, 0.1) is 17.2 Å². The molecule has 1 aliphatic carbocycles. The fourth-order valence-corrected chi connectivity index (χ4v) is 3.78. The molecule has 0 unspecified atom stereocenters. The van der Waals surface area contributed by atoms with Crippen molar-refractivity contribution in [2.24, 2.45) is 5.92 Å². The summed E-state index contributed by atoms with van der Waals surface area (Å²) in [5.41, 5.74) is -0.470. The van der Waals surface area contributed by atoms with E-state index >= 15 is 0 Å². The molecule has 2 fully saturated rings. The summed E-state index contributed by atoms with van der Waals surface area (Å²) >= 11 is 1.27. The highest BCUT2D eigenvalue weighted by Crippen LogP contribution is 2.42. The molecule has 0 radical (unpaired) electrons. The van der Waals surface area contributed by atoms with Gasteiger partial charge in [-0.05, 0) is 37.8 Å². The Morgan fingerprint density at radius 3 is 2.79 bits per heavy atom. The third kappa shape index (κ3) is 4.68. The second-order valence-corrected chi connectivity index (χ2v) is 7.97. The number of ether oxygens (including phenoxy) is 1. The fraction of sp³-hybridized carbons (Fsp3) is 0.421. The quantitative estimate of drug-likeness (QED) is 0.373. The van der Waals surface area contributed by atoms with E-state index in [0.717, 1.165) is 17.7 Å². The summed E-state index contributed by atoms with van der Waals surface area (Å²) in [4.78, 5) is 50.2. The van der Waals surface area contributed by atoms with Gasteiger partial charge in [0, 0.05) is 4.90 Å². The van der Waals surface area contributed by atoms with Crippen molar-refractivity contribution in [3.05, 3.63) is 24.3 Å². The maximum atomic E-state index is 12.5. The summed E-state index contributed by atoms with van der Waals surface area (Å²) in [6, 6.07) is 8.32. The number of nitriles is 1. The molecule has 10 heteroatoms. The van der Waals surface area contributed by atoms with Crippen LogP contribution in [0.3, 0.4) is 0 Å². The summed E-state index contributed by atoms with van der Waals surface area (Å²) in [7, 11) is 0. The molecule has 1 saturated carbocycles. The molecule has 0 bridgehead atoms. The maximum absolute atomic E-state index is 12.5. The monoisotopic (exact) mass is 416 g/mol. The van der Waals surface area contributed by atoms with E-state index in [4.69, 9.17) is 10.00 Å². The molecule has 2 N–H and O–H groups in total. The second-order valence-electron chi connectivity index (χ2n) is 6.95. The van der Waals surface area contributed by atoms with E-state index in [0.29, 0.717) is 10.6 Å². The number of urea groups is 1. The lowest BCUT2D eigenvalue weighted by Crippen LogP contribution is -2.46. The van der Waals surface area contributed by atoms with E-state index < -0.39 is 42.5 Å². The number of carbonyl (C=O) groups is 4. The van der Waals surface area contributed by atoms with E-state index in [1.54, 1.807) is 31.2 Å². The van der Waals surface area contributed by atoms with Crippen LogP contribution in [-0.2, 0) is 19.1 Å². The minimum Gasteiger partial charge on any atom is -0.454 e. The SMILES string of the molecule is C[C@]1(C2CC2)NC(=O)N(CC(=O)OCC(=O)Nc2ccccc2SCC#N)C1=O. The van der Waals surface area contributed by atoms with Crippen LogP contribution in [0.2, 0.25) is 0 Å². The van der Waals surface area contributed by atoms with Crippen molar-refractivity contribution in [3.8, 4) is 6.07 Å². The molecule has 2 aliphatic rings. The topological polar surface area (TPSA) is 129 Å². The maximum Gasteiger partial charge on any atom is 0.326 e. The van der Waals surface area contributed by atoms with Crippen LogP contribution in [-0.4, -0.2) is 53.2 Å². The minimum atomic E-state index is -0.973. The Kier molecular flexibility index (Phi) is 6.08. The van der Waals surface area contributed by atoms with Crippen LogP contribution < -0.4 is 10.6 Å². The van der Waals surface area contributed by atoms with Gasteiger partial charge in [0.1, 0.15) is 12.1 Å². The van der Waals surface area contributed by atoms with Crippen LogP contribution in [0.4, 0.5) is 10.5 Å². The van der Waals surface area contributed by atoms with E-state index in [2.05, 4.69) is 10.6 Å². The molecule has 1 aromatic carbocycles. The largest absolute Gasteiger partial charge is 0.454 e. The molecular weight excluding hydrogens is 396 g/mol. The molecule has 0 spiro atoms. The van der Waals surface area contributed by atoms with Crippen LogP contribution in [0.25, 0.3) is 0 Å². The first kappa shape index (κ1) is 20.7. The number of thioether (sulfide) groups is 1. The van der Waals surface area contributed by atoms with Gasteiger partial charge >= 0.3 is 12.0 Å². The highest BCUT2D eigenvalue weighted by molar-refractivity contribution is 7.99. The van der Waals surface area contributed by atoms with Gasteiger partial charge in [-0.2, -0.15) is 5.26 Å². The predicted molar refractivity (Wildman–Crippen MR) is 104 cm³/mol. The Morgan fingerprint density at radius 2 is 2.10 bits per heavy atom. The standard InChI is InChI=1S/C19H20N4O5S/c1-19(12-6-7-12)17(26)23(18(27)22-19)10-16(25)28-11-15(24)21-13-4-2-3-5-14(13)29-9-8-20/h2-5,12H,6-7,9-11H2,1H3,(H,21,24)(H,22,27)/t19-/m1/s1. The van der Waals surface area contributed by atoms with Gasteiger partial charge in [-0.3, -0.25) is 19.3 Å². The van der Waals surface area contributed by atoms with Gasteiger partial charge in [-0.1, -0.05) is 12.1 Å². The normalized spacial score (nSPS) is 20.8. The van der Waals surface area contributed by atoms with E-state index in [-0.39, 0.29) is 11.7 Å². The zero-order valence-corrected chi connectivity index (χ0v) is 16.6. The number of carbonyl (C=O) groups excluding carboxylic acids is 4. The molecule has 1 saturated heterocycles. The molecular formula is C19H20N4O5S. The smallest absolute Gasteiger partial charge is 0.326 e. The lowest BCUT2D eigenvalue weighted by molar-refractivity contribution is -0.150. The zero-order chi connectivity index (χ0) is 21.0. The zero-order valence-electron chi connectivity index (χ0n) is 15.8. The van der Waals surface area contributed by atoms with Crippen molar-refractivity contribution < 1.29 is 23.9 Å². The summed E-state index contributed by atoms with van der Waals surface area (Å²) in [6.45, 7) is 0.555. The van der Waals surface area contributed by atoms with E-state index in [9.17, 15) is 19.2 Å². The number of rotatable bonds is 8. The highest BCUT2D eigenvalue weighted by Gasteiger charge is 2.56. The number of amides is 4. The first-order valence-corrected chi connectivity index (χ1v) is 10.0. The van der Waals surface area contributed by atoms with Gasteiger partial charge < -0.3 is 15.4 Å². The van der Waals surface area contributed by atoms with Crippen molar-refractivity contribution in [3.63, 3.8) is 0 Å². The number of benzene rings is 1. The highest BCUT2D eigenvalue weighted by atomic mass is 32.2. The summed E-state index contributed by atoms with van der Waals surface area (Å²) in [5.74, 6) is -1.55. The third-order valence-electron chi connectivity index (χ3n) is 4.80. The molecule has 1 atom stereocenters. The van der Waals surface area contributed by atoms with Crippen LogP contribution in [0.5, 0.6) is 0 Å². The van der Waals surface area contributed by atoms with Gasteiger partial charge in [-0.15, -0.1) is 11.8 Å². The van der Waals surface area contributed by atoms with Gasteiger partial charge in [0.25, 0.3) is 11.8 Å². The number of hydrogen-bond donors (Lipinski definition) is 2. The number of hydrogen-bond acceptors (Lipinski definition) is 7. The first-order chi connectivity index (χ1) is 13.8. The summed E-state index contributed by atoms with van der Waals surface area (Å²) in [6.07, 6.45) is 1.71. The van der Waals surface area contributed by atoms with Crippen molar-refractivity contribution in [1.82, 2.24) is 10.2 Å². The average molecular weight is 416 g/mol. The van der Waals surface area contributed by atoms with Gasteiger partial charge in [0.2, 0.25) is 0 Å². The Bertz CT molecular complexity index is 895. The van der Waals surface area contributed by atoms with Gasteiger partial charge in [-0.25, -0.2) is 4.79 Å². The van der Waals surface area contributed by atoms with Gasteiger partial charge in [0.15, 0.2) is 6.61 Å². The van der Waals surface area contributed by atoms with E-state index in [1.165, 1.54) is 11.8 Å². The predicted octanol–water partition coefficient (Wildman–Crippen LogP) is 1.50. The van der Waals surface area contributed by atoms with Gasteiger partial charge in [0.05, 0.1) is 17.5 Å². The van der Waals surface area contributed by atoms with Crippen molar-refractivity contribution in [2.45, 2.75) is 30.2 Å². The molecule has 1 aliphatic heterocycles. The van der Waals surface area contributed by atoms with Crippen LogP contribution in [0.15, 0.2) is 29.2 Å². The number of esters is 1. The minimum absolute atomic E-state index is 0.0877. The molecule has 3 rings (SSSR count). The third-order valence-corrected chi connectivity index (χ3v) is 5.74. The lowest BCUT2D eigenvalue weighted by atomic mass is 9.96. The van der Waals surface area contributed by atoms with Crippen LogP contribution in [0.1, 0.15) is 19.8 Å². The Hall–Kier alpha value is -3.06. The summed E-state index contributed by atoms with van der Waals surface area (Å²) < 4.78 is 4.92. The second kappa shape index (κ2) is 8.53. The van der Waals surface area contributed by atoms with Crippen molar-refractivity contribution in [1.29, 1.82) is 5.26 Å². The first-order valence-electron chi connectivity index (χ1n) is 9.03. The van der Waals surface area contributed by atoms with Crippen LogP contribution >= 0.6 is 11.8 Å². The molecule has 0 aromatic heterocycles. The average Bonchev–Trinajstić information content (AvgIpc) is 3.52. The molecule has 1 aromatic rings. The number of nitrogens with one attached hydrogen (secondary N) is 2. The Labute approximate surface area is 171 Å². The molecule has 152 valence electrons. The van der Waals surface area contributed by atoms with Crippen molar-refractivity contribution in [2.75, 3.05) is 24.2 Å². The van der Waals surface area contributed by atoms with Crippen molar-refractivity contribution >= 4 is 41.3 Å². The molecule has 1 heterocycles. The number of para-hydroxylation sites is 1. The summed E-state index contributed by atoms with van der Waals surface area (Å²) in [5, 5.41) is 14.0. The molecule has 4 amide bonds. The lowest BCUT2D eigenvalue weighted by Gasteiger charge is -2.20. The Morgan fingerprint density at radius 1 is 1.38 bits per heavy atom. The molecule has 29 heavy (non-hydrogen) atoms. The fourth-order valence-electron chi connectivity index (χ4n) is 3.11.